The lowest BCUT2D eigenvalue weighted by atomic mass is 9.73. The molecule has 0 heterocycles. The van der Waals surface area contributed by atoms with E-state index in [-0.39, 0.29) is 18.6 Å². The van der Waals surface area contributed by atoms with Crippen molar-refractivity contribution in [1.82, 2.24) is 0 Å². The highest BCUT2D eigenvalue weighted by molar-refractivity contribution is 5.22. The molecular weight excluding hydrogens is 136 g/mol. The quantitative estimate of drug-likeness (QED) is 0.583. The van der Waals surface area contributed by atoms with Crippen molar-refractivity contribution in [3.05, 3.63) is 11.1 Å². The van der Waals surface area contributed by atoms with Gasteiger partial charge in [-0.05, 0) is 37.1 Å². The Morgan fingerprint density at radius 1 is 1.73 bits per heavy atom. The van der Waals surface area contributed by atoms with Crippen molar-refractivity contribution in [3.63, 3.8) is 0 Å². The van der Waals surface area contributed by atoms with E-state index in [0.29, 0.717) is 12.0 Å². The summed E-state index contributed by atoms with van der Waals surface area (Å²) in [6.45, 7) is 0.832. The minimum absolute atomic E-state index is 0.192. The lowest BCUT2D eigenvalue weighted by molar-refractivity contribution is 0.263. The van der Waals surface area contributed by atoms with E-state index in [4.69, 9.17) is 6.85 Å². The van der Waals surface area contributed by atoms with Crippen molar-refractivity contribution in [2.75, 3.05) is 6.61 Å². The Kier molecular flexibility index (Phi) is 1.11. The predicted octanol–water partition coefficient (Wildman–Crippen LogP) is 2.51. The molecular formula is C10H18O. The maximum absolute atomic E-state index is 9.32. The Bertz CT molecular complexity index is 314. The van der Waals surface area contributed by atoms with Crippen molar-refractivity contribution in [2.24, 2.45) is 5.41 Å². The lowest BCUT2D eigenvalue weighted by Gasteiger charge is -2.33. The van der Waals surface area contributed by atoms with Crippen LogP contribution in [0.25, 0.3) is 0 Å². The second-order valence-corrected chi connectivity index (χ2v) is 3.57. The van der Waals surface area contributed by atoms with Crippen molar-refractivity contribution in [3.8, 4) is 0 Å². The molecule has 0 saturated heterocycles. The molecule has 0 aliphatic heterocycles. The first-order valence-electron chi connectivity index (χ1n) is 6.38. The topological polar surface area (TPSA) is 20.2 Å². The van der Waals surface area contributed by atoms with Gasteiger partial charge in [0.05, 0.1) is 6.61 Å². The number of rotatable bonds is 1. The molecule has 11 heavy (non-hydrogen) atoms. The Labute approximate surface area is 76.1 Å². The fourth-order valence-corrected chi connectivity index (χ4v) is 1.39. The van der Waals surface area contributed by atoms with Gasteiger partial charge in [0, 0.05) is 6.85 Å². The minimum Gasteiger partial charge on any atom is -0.392 e. The molecule has 0 amide bonds. The molecule has 0 unspecified atom stereocenters. The molecule has 0 aromatic heterocycles. The summed E-state index contributed by atoms with van der Waals surface area (Å²) in [5, 5.41) is 9.32. The van der Waals surface area contributed by atoms with Gasteiger partial charge in [-0.1, -0.05) is 19.4 Å². The maximum atomic E-state index is 9.32. The average Bonchev–Trinajstić information content (AvgIpc) is 2.07. The van der Waals surface area contributed by atoms with Gasteiger partial charge in [0.1, 0.15) is 0 Å². The van der Waals surface area contributed by atoms with E-state index in [1.54, 1.807) is 0 Å². The zero-order valence-electron chi connectivity index (χ0n) is 12.1. The molecule has 0 bridgehead atoms. The molecule has 0 spiro atoms. The first-order valence-corrected chi connectivity index (χ1v) is 3.88. The molecule has 0 fully saturated rings. The van der Waals surface area contributed by atoms with E-state index in [0.717, 1.165) is 0 Å². The molecule has 64 valence electrons. The summed E-state index contributed by atoms with van der Waals surface area (Å²) in [7, 11) is 0. The van der Waals surface area contributed by atoms with Crippen LogP contribution in [0.2, 0.25) is 0 Å². The average molecular weight is 159 g/mol. The number of aliphatic hydroxyl groups excluding tert-OH is 1. The lowest BCUT2D eigenvalue weighted by Crippen LogP contribution is -2.22. The standard InChI is InChI=1S/C10H18O/c1-8-5-4-6-10(2,3)9(8)7-11/h11H,4-7H2,1-3H3/i1D3,5D2. The number of aliphatic hydroxyl groups is 1. The molecule has 1 N–H and O–H groups in total. The number of allylic oxidation sites excluding steroid dienone is 1. The van der Waals surface area contributed by atoms with E-state index < -0.39 is 18.6 Å². The van der Waals surface area contributed by atoms with Crippen molar-refractivity contribution in [2.45, 2.75) is 39.9 Å². The molecule has 1 nitrogen and oxygen atoms in total. The maximum Gasteiger partial charge on any atom is 0.0649 e. The molecule has 1 heteroatoms. The van der Waals surface area contributed by atoms with Crippen LogP contribution in [0.3, 0.4) is 0 Å². The fourth-order valence-electron chi connectivity index (χ4n) is 1.39. The Hall–Kier alpha value is -0.300. The number of hydrogen-bond acceptors (Lipinski definition) is 1. The summed E-state index contributed by atoms with van der Waals surface area (Å²) in [5.74, 6) is 0. The highest BCUT2D eigenvalue weighted by Crippen LogP contribution is 2.39. The largest absolute Gasteiger partial charge is 0.392 e. The van der Waals surface area contributed by atoms with Crippen LogP contribution in [0.4, 0.5) is 0 Å². The Balaban J connectivity index is 3.43. The number of hydrogen-bond donors (Lipinski definition) is 1. The molecule has 0 saturated carbocycles. The van der Waals surface area contributed by atoms with E-state index in [1.165, 1.54) is 0 Å². The van der Waals surface area contributed by atoms with Crippen LogP contribution >= 0.6 is 0 Å². The van der Waals surface area contributed by atoms with Gasteiger partial charge in [-0.15, -0.1) is 0 Å². The van der Waals surface area contributed by atoms with Gasteiger partial charge in [0.15, 0.2) is 0 Å². The van der Waals surface area contributed by atoms with Crippen LogP contribution < -0.4 is 0 Å². The second kappa shape index (κ2) is 2.98. The molecule has 0 atom stereocenters. The Morgan fingerprint density at radius 3 is 2.91 bits per heavy atom. The molecule has 1 rings (SSSR count). The van der Waals surface area contributed by atoms with Gasteiger partial charge in [-0.3, -0.25) is 0 Å². The van der Waals surface area contributed by atoms with Gasteiger partial charge in [0.25, 0.3) is 0 Å². The first-order chi connectivity index (χ1) is 7.02. The zero-order valence-corrected chi connectivity index (χ0v) is 7.07. The second-order valence-electron chi connectivity index (χ2n) is 3.57. The predicted molar refractivity (Wildman–Crippen MR) is 47.4 cm³/mol. The first kappa shape index (κ1) is 4.08. The van der Waals surface area contributed by atoms with Gasteiger partial charge >= 0.3 is 0 Å². The van der Waals surface area contributed by atoms with Crippen LogP contribution in [-0.2, 0) is 0 Å². The van der Waals surface area contributed by atoms with Crippen LogP contribution in [-0.4, -0.2) is 11.7 Å². The van der Waals surface area contributed by atoms with Crippen molar-refractivity contribution in [1.29, 1.82) is 0 Å². The van der Waals surface area contributed by atoms with E-state index in [2.05, 4.69) is 0 Å². The highest BCUT2D eigenvalue weighted by atomic mass is 16.3. The zero-order chi connectivity index (χ0) is 12.8. The Morgan fingerprint density at radius 2 is 2.45 bits per heavy atom. The molecule has 0 aromatic rings. The summed E-state index contributed by atoms with van der Waals surface area (Å²) < 4.78 is 37.8. The summed E-state index contributed by atoms with van der Waals surface area (Å²) in [6.07, 6.45) is -1.09. The van der Waals surface area contributed by atoms with Gasteiger partial charge in [0.2, 0.25) is 0 Å². The summed E-state index contributed by atoms with van der Waals surface area (Å²) in [4.78, 5) is 0. The van der Waals surface area contributed by atoms with Gasteiger partial charge in [-0.2, -0.15) is 0 Å². The summed E-state index contributed by atoms with van der Waals surface area (Å²) >= 11 is 0. The summed E-state index contributed by atoms with van der Waals surface area (Å²) in [6, 6.07) is 0. The van der Waals surface area contributed by atoms with E-state index in [1.807, 2.05) is 13.8 Å². The SMILES string of the molecule is [2H]C([2H])([2H])C1=C(CO)C(C)(C)CCC1([2H])[2H]. The smallest absolute Gasteiger partial charge is 0.0649 e. The van der Waals surface area contributed by atoms with E-state index >= 15 is 0 Å². The van der Waals surface area contributed by atoms with E-state index in [9.17, 15) is 5.11 Å². The third-order valence-corrected chi connectivity index (χ3v) is 2.33. The van der Waals surface area contributed by atoms with Crippen LogP contribution in [0, 0.1) is 5.41 Å². The normalized spacial score (nSPS) is 36.5. The molecule has 0 aromatic carbocycles. The minimum atomic E-state index is -2.47. The van der Waals surface area contributed by atoms with Crippen molar-refractivity contribution >= 4 is 0 Å². The van der Waals surface area contributed by atoms with Gasteiger partial charge < -0.3 is 5.11 Å². The third-order valence-electron chi connectivity index (χ3n) is 2.33. The third kappa shape index (κ3) is 1.64. The van der Waals surface area contributed by atoms with Gasteiger partial charge in [-0.25, -0.2) is 0 Å². The fraction of sp³-hybridized carbons (Fsp3) is 0.800. The van der Waals surface area contributed by atoms with Crippen LogP contribution in [0.15, 0.2) is 11.1 Å². The highest BCUT2D eigenvalue weighted by Gasteiger charge is 2.27. The van der Waals surface area contributed by atoms with Crippen LogP contribution in [0.1, 0.15) is 46.8 Å². The van der Waals surface area contributed by atoms with Crippen molar-refractivity contribution < 1.29 is 12.0 Å². The molecule has 1 aliphatic carbocycles. The monoisotopic (exact) mass is 159 g/mol. The molecule has 1 aliphatic rings. The van der Waals surface area contributed by atoms with Crippen LogP contribution in [0.5, 0.6) is 0 Å². The summed E-state index contributed by atoms with van der Waals surface area (Å²) in [5.41, 5.74) is -0.299. The molecule has 0 radical (unpaired) electrons.